The Hall–Kier alpha value is -0.570. The van der Waals surface area contributed by atoms with Gasteiger partial charge in [0.25, 0.3) is 0 Å². The molecule has 1 atom stereocenters. The summed E-state index contributed by atoms with van der Waals surface area (Å²) in [6.45, 7) is 6.10. The molecule has 82 valence electrons. The van der Waals surface area contributed by atoms with Crippen molar-refractivity contribution in [1.82, 2.24) is 10.6 Å². The van der Waals surface area contributed by atoms with Gasteiger partial charge in [-0.15, -0.1) is 0 Å². The van der Waals surface area contributed by atoms with Gasteiger partial charge in [0.2, 0.25) is 5.91 Å². The fraction of sp³-hybridized carbons (Fsp3) is 0.909. The van der Waals surface area contributed by atoms with Crippen LogP contribution in [0.4, 0.5) is 0 Å². The lowest BCUT2D eigenvalue weighted by Gasteiger charge is -2.11. The molecule has 0 spiro atoms. The van der Waals surface area contributed by atoms with Gasteiger partial charge in [-0.1, -0.05) is 13.8 Å². The Morgan fingerprint density at radius 3 is 2.93 bits per heavy atom. The number of carbonyl (C=O) groups excluding carboxylic acids is 1. The van der Waals surface area contributed by atoms with Crippen LogP contribution in [0.25, 0.3) is 0 Å². The Labute approximate surface area is 86.6 Å². The Kier molecular flexibility index (Phi) is 4.94. The number of hydrogen-bond acceptors (Lipinski definition) is 2. The second-order valence-corrected chi connectivity index (χ2v) is 4.53. The van der Waals surface area contributed by atoms with Gasteiger partial charge in [-0.3, -0.25) is 4.79 Å². The third-order valence-electron chi connectivity index (χ3n) is 2.57. The summed E-state index contributed by atoms with van der Waals surface area (Å²) in [5, 5.41) is 6.38. The van der Waals surface area contributed by atoms with Crippen LogP contribution in [-0.2, 0) is 4.79 Å². The fourth-order valence-electron chi connectivity index (χ4n) is 1.83. The third-order valence-corrected chi connectivity index (χ3v) is 2.57. The van der Waals surface area contributed by atoms with Gasteiger partial charge in [-0.25, -0.2) is 0 Å². The minimum atomic E-state index is 0.193. The second-order valence-electron chi connectivity index (χ2n) is 4.53. The first-order valence-corrected chi connectivity index (χ1v) is 5.68. The quantitative estimate of drug-likeness (QED) is 0.699. The van der Waals surface area contributed by atoms with Crippen molar-refractivity contribution in [3.05, 3.63) is 0 Å². The highest BCUT2D eigenvalue weighted by atomic mass is 16.1. The molecule has 0 aliphatic carbocycles. The highest BCUT2D eigenvalue weighted by Gasteiger charge is 2.13. The summed E-state index contributed by atoms with van der Waals surface area (Å²) in [7, 11) is 0. The molecule has 1 amide bonds. The molecule has 0 bridgehead atoms. The SMILES string of the molecule is CC(C)CC(=O)NCC[C@H]1CCCN1. The molecule has 0 aromatic carbocycles. The molecule has 3 nitrogen and oxygen atoms in total. The fourth-order valence-corrected chi connectivity index (χ4v) is 1.83. The van der Waals surface area contributed by atoms with Crippen molar-refractivity contribution in [2.45, 2.75) is 45.6 Å². The van der Waals surface area contributed by atoms with Gasteiger partial charge in [0.05, 0.1) is 0 Å². The molecule has 0 unspecified atom stereocenters. The number of carbonyl (C=O) groups is 1. The number of nitrogens with one attached hydrogen (secondary N) is 2. The van der Waals surface area contributed by atoms with Crippen LogP contribution in [0.5, 0.6) is 0 Å². The van der Waals surface area contributed by atoms with Gasteiger partial charge in [0, 0.05) is 19.0 Å². The zero-order valence-electron chi connectivity index (χ0n) is 9.31. The Bertz CT molecular complexity index is 174. The monoisotopic (exact) mass is 198 g/mol. The topological polar surface area (TPSA) is 41.1 Å². The van der Waals surface area contributed by atoms with Crippen LogP contribution in [0.15, 0.2) is 0 Å². The molecule has 1 rings (SSSR count). The summed E-state index contributed by atoms with van der Waals surface area (Å²) < 4.78 is 0. The summed E-state index contributed by atoms with van der Waals surface area (Å²) in [4.78, 5) is 11.3. The van der Waals surface area contributed by atoms with E-state index in [2.05, 4.69) is 24.5 Å². The maximum absolute atomic E-state index is 11.3. The normalized spacial score (nSPS) is 21.5. The minimum absolute atomic E-state index is 0.193. The van der Waals surface area contributed by atoms with Crippen LogP contribution in [0.3, 0.4) is 0 Å². The van der Waals surface area contributed by atoms with E-state index in [9.17, 15) is 4.79 Å². The van der Waals surface area contributed by atoms with Crippen molar-refractivity contribution < 1.29 is 4.79 Å². The van der Waals surface area contributed by atoms with Gasteiger partial charge in [-0.2, -0.15) is 0 Å². The van der Waals surface area contributed by atoms with Gasteiger partial charge in [0.15, 0.2) is 0 Å². The molecule has 1 aliphatic heterocycles. The summed E-state index contributed by atoms with van der Waals surface area (Å²) in [6, 6.07) is 0.634. The lowest BCUT2D eigenvalue weighted by Crippen LogP contribution is -2.31. The van der Waals surface area contributed by atoms with E-state index in [1.807, 2.05) is 0 Å². The summed E-state index contributed by atoms with van der Waals surface area (Å²) in [6.07, 6.45) is 4.27. The first-order chi connectivity index (χ1) is 6.68. The molecule has 3 heteroatoms. The van der Waals surface area contributed by atoms with Crippen molar-refractivity contribution in [2.24, 2.45) is 5.92 Å². The van der Waals surface area contributed by atoms with E-state index in [0.717, 1.165) is 19.5 Å². The minimum Gasteiger partial charge on any atom is -0.356 e. The molecular formula is C11H22N2O. The molecule has 1 aliphatic rings. The Morgan fingerprint density at radius 2 is 2.36 bits per heavy atom. The molecule has 0 radical (unpaired) electrons. The van der Waals surface area contributed by atoms with E-state index < -0.39 is 0 Å². The van der Waals surface area contributed by atoms with Crippen LogP contribution in [-0.4, -0.2) is 25.0 Å². The molecule has 2 N–H and O–H groups in total. The highest BCUT2D eigenvalue weighted by molar-refractivity contribution is 5.75. The van der Waals surface area contributed by atoms with Crippen molar-refractivity contribution >= 4 is 5.91 Å². The zero-order valence-corrected chi connectivity index (χ0v) is 9.31. The summed E-state index contributed by atoms with van der Waals surface area (Å²) in [5.41, 5.74) is 0. The van der Waals surface area contributed by atoms with Crippen LogP contribution >= 0.6 is 0 Å². The van der Waals surface area contributed by atoms with Crippen LogP contribution in [0.1, 0.15) is 39.5 Å². The van der Waals surface area contributed by atoms with Crippen molar-refractivity contribution in [3.8, 4) is 0 Å². The van der Waals surface area contributed by atoms with Crippen molar-refractivity contribution in [3.63, 3.8) is 0 Å². The van der Waals surface area contributed by atoms with Gasteiger partial charge in [0.1, 0.15) is 0 Å². The van der Waals surface area contributed by atoms with Crippen LogP contribution in [0.2, 0.25) is 0 Å². The van der Waals surface area contributed by atoms with E-state index in [4.69, 9.17) is 0 Å². The second kappa shape index (κ2) is 6.02. The molecule has 0 aromatic heterocycles. The van der Waals surface area contributed by atoms with Gasteiger partial charge in [-0.05, 0) is 31.7 Å². The van der Waals surface area contributed by atoms with Gasteiger partial charge < -0.3 is 10.6 Å². The lowest BCUT2D eigenvalue weighted by atomic mass is 10.1. The predicted octanol–water partition coefficient (Wildman–Crippen LogP) is 1.29. The molecule has 14 heavy (non-hydrogen) atoms. The Balaban J connectivity index is 1.99. The molecule has 1 heterocycles. The lowest BCUT2D eigenvalue weighted by molar-refractivity contribution is -0.121. The molecular weight excluding hydrogens is 176 g/mol. The third kappa shape index (κ3) is 4.61. The predicted molar refractivity (Wildman–Crippen MR) is 58.1 cm³/mol. The van der Waals surface area contributed by atoms with E-state index >= 15 is 0 Å². The summed E-state index contributed by atoms with van der Waals surface area (Å²) in [5.74, 6) is 0.651. The maximum Gasteiger partial charge on any atom is 0.220 e. The van der Waals surface area contributed by atoms with Crippen LogP contribution in [0, 0.1) is 5.92 Å². The van der Waals surface area contributed by atoms with E-state index in [1.165, 1.54) is 12.8 Å². The molecule has 1 fully saturated rings. The number of amides is 1. The van der Waals surface area contributed by atoms with E-state index in [0.29, 0.717) is 18.4 Å². The van der Waals surface area contributed by atoms with Crippen LogP contribution < -0.4 is 10.6 Å². The first kappa shape index (κ1) is 11.5. The molecule has 0 aromatic rings. The van der Waals surface area contributed by atoms with Crippen molar-refractivity contribution in [2.75, 3.05) is 13.1 Å². The number of hydrogen-bond donors (Lipinski definition) is 2. The van der Waals surface area contributed by atoms with E-state index in [1.54, 1.807) is 0 Å². The molecule has 0 saturated carbocycles. The van der Waals surface area contributed by atoms with Gasteiger partial charge >= 0.3 is 0 Å². The standard InChI is InChI=1S/C11H22N2O/c1-9(2)8-11(14)13-7-5-10-4-3-6-12-10/h9-10,12H,3-8H2,1-2H3,(H,13,14)/t10-/m1/s1. The average molecular weight is 198 g/mol. The largest absolute Gasteiger partial charge is 0.356 e. The maximum atomic E-state index is 11.3. The average Bonchev–Trinajstić information content (AvgIpc) is 2.55. The number of rotatable bonds is 5. The first-order valence-electron chi connectivity index (χ1n) is 5.68. The summed E-state index contributed by atoms with van der Waals surface area (Å²) >= 11 is 0. The smallest absolute Gasteiger partial charge is 0.220 e. The highest BCUT2D eigenvalue weighted by Crippen LogP contribution is 2.07. The molecule has 1 saturated heterocycles. The van der Waals surface area contributed by atoms with Crippen molar-refractivity contribution in [1.29, 1.82) is 0 Å². The Morgan fingerprint density at radius 1 is 1.57 bits per heavy atom. The van der Waals surface area contributed by atoms with E-state index in [-0.39, 0.29) is 5.91 Å². The zero-order chi connectivity index (χ0) is 10.4.